The molecule has 1 heterocycles. The van der Waals surface area contributed by atoms with Gasteiger partial charge in [-0.25, -0.2) is 0 Å². The number of nitrogens with one attached hydrogen (secondary N) is 1. The van der Waals surface area contributed by atoms with Gasteiger partial charge in [-0.2, -0.15) is 0 Å². The van der Waals surface area contributed by atoms with Crippen LogP contribution >= 0.6 is 11.6 Å². The van der Waals surface area contributed by atoms with Crippen LogP contribution in [0.5, 0.6) is 0 Å². The maximum absolute atomic E-state index is 12.6. The van der Waals surface area contributed by atoms with E-state index < -0.39 is 10.8 Å². The summed E-state index contributed by atoms with van der Waals surface area (Å²) in [4.78, 5) is 25.6. The molecule has 2 amide bonds. The minimum Gasteiger partial charge on any atom is -0.355 e. The van der Waals surface area contributed by atoms with Crippen molar-refractivity contribution in [1.29, 1.82) is 0 Å². The summed E-state index contributed by atoms with van der Waals surface area (Å²) in [5.74, 6) is 0.104. The Morgan fingerprint density at radius 2 is 1.71 bits per heavy atom. The topological polar surface area (TPSA) is 66.5 Å². The van der Waals surface area contributed by atoms with Gasteiger partial charge >= 0.3 is 0 Å². The molecular formula is C24H29ClN2O3S. The first-order valence-electron chi connectivity index (χ1n) is 10.7. The third-order valence-electron chi connectivity index (χ3n) is 5.41. The molecule has 1 unspecified atom stereocenters. The number of halogens is 1. The summed E-state index contributed by atoms with van der Waals surface area (Å²) in [7, 11) is -1.21. The molecule has 31 heavy (non-hydrogen) atoms. The number of likely N-dealkylation sites (tertiary alicyclic amines) is 1. The van der Waals surface area contributed by atoms with E-state index in [1.807, 2.05) is 42.5 Å². The molecule has 2 aromatic carbocycles. The molecule has 166 valence electrons. The molecule has 5 nitrogen and oxygen atoms in total. The minimum absolute atomic E-state index is 0.0133. The van der Waals surface area contributed by atoms with Crippen LogP contribution in [0.4, 0.5) is 0 Å². The van der Waals surface area contributed by atoms with Crippen molar-refractivity contribution in [3.63, 3.8) is 0 Å². The van der Waals surface area contributed by atoms with E-state index in [1.165, 1.54) is 10.5 Å². The Bertz CT molecular complexity index is 889. The summed E-state index contributed by atoms with van der Waals surface area (Å²) in [5, 5.41) is 3.27. The highest BCUT2D eigenvalue weighted by molar-refractivity contribution is 7.85. The number of hydrogen-bond donors (Lipinski definition) is 1. The average Bonchev–Trinajstić information content (AvgIpc) is 2.77. The number of carbonyl (C=O) groups excluding carboxylic acids is 2. The van der Waals surface area contributed by atoms with Crippen LogP contribution in [-0.2, 0) is 32.6 Å². The maximum atomic E-state index is 12.6. The first kappa shape index (κ1) is 23.5. The largest absolute Gasteiger partial charge is 0.355 e. The van der Waals surface area contributed by atoms with Crippen LogP contribution in [0.1, 0.15) is 43.2 Å². The molecule has 1 saturated heterocycles. The number of β-lactam (4-membered cyclic amide) rings is 1. The smallest absolute Gasteiger partial charge is 0.239 e. The van der Waals surface area contributed by atoms with E-state index in [2.05, 4.69) is 17.4 Å². The molecule has 0 radical (unpaired) electrons. The average molecular weight is 461 g/mol. The van der Waals surface area contributed by atoms with Gasteiger partial charge in [-0.3, -0.25) is 13.8 Å². The zero-order valence-corrected chi connectivity index (χ0v) is 19.2. The maximum Gasteiger partial charge on any atom is 0.239 e. The third-order valence-corrected chi connectivity index (χ3v) is 7.31. The highest BCUT2D eigenvalue weighted by atomic mass is 35.5. The van der Waals surface area contributed by atoms with Crippen molar-refractivity contribution >= 4 is 34.2 Å². The summed E-state index contributed by atoms with van der Waals surface area (Å²) < 4.78 is 12.6. The monoisotopic (exact) mass is 460 g/mol. The molecule has 0 saturated carbocycles. The number of carbonyl (C=O) groups is 2. The van der Waals surface area contributed by atoms with E-state index in [-0.39, 0.29) is 30.2 Å². The number of hydrogen-bond acceptors (Lipinski definition) is 3. The van der Waals surface area contributed by atoms with E-state index in [4.69, 9.17) is 11.6 Å². The van der Waals surface area contributed by atoms with Gasteiger partial charge in [0.15, 0.2) is 0 Å². The quantitative estimate of drug-likeness (QED) is 0.383. The van der Waals surface area contributed by atoms with Gasteiger partial charge in [0.1, 0.15) is 11.9 Å². The molecule has 2 aromatic rings. The Morgan fingerprint density at radius 1 is 1.00 bits per heavy atom. The Hall–Kier alpha value is -2.18. The lowest BCUT2D eigenvalue weighted by Gasteiger charge is -2.39. The fourth-order valence-electron chi connectivity index (χ4n) is 3.58. The normalized spacial score (nSPS) is 16.6. The van der Waals surface area contributed by atoms with Crippen LogP contribution in [-0.4, -0.2) is 39.4 Å². The molecule has 1 fully saturated rings. The third kappa shape index (κ3) is 7.47. The van der Waals surface area contributed by atoms with Gasteiger partial charge in [-0.1, -0.05) is 66.9 Å². The summed E-state index contributed by atoms with van der Waals surface area (Å²) >= 11 is 5.89. The second-order valence-electron chi connectivity index (χ2n) is 7.83. The second kappa shape index (κ2) is 12.0. The lowest BCUT2D eigenvalue weighted by Crippen LogP contribution is -2.57. The van der Waals surface area contributed by atoms with E-state index in [0.29, 0.717) is 12.3 Å². The van der Waals surface area contributed by atoms with Crippen molar-refractivity contribution in [2.24, 2.45) is 0 Å². The molecule has 3 rings (SSSR count). The van der Waals surface area contributed by atoms with E-state index in [9.17, 15) is 13.8 Å². The highest BCUT2D eigenvalue weighted by Gasteiger charge is 2.40. The van der Waals surface area contributed by atoms with Gasteiger partial charge in [0.05, 0.1) is 12.2 Å². The van der Waals surface area contributed by atoms with Crippen LogP contribution in [0, 0.1) is 0 Å². The van der Waals surface area contributed by atoms with Crippen LogP contribution < -0.4 is 5.32 Å². The molecule has 0 aromatic heterocycles. The van der Waals surface area contributed by atoms with E-state index in [0.717, 1.165) is 42.7 Å². The molecule has 2 atom stereocenters. The SMILES string of the molecule is O=C(CN1C(=O)C[C@H]1S(=O)Cc1ccccc1)NCCCCCCc1ccc(Cl)cc1. The van der Waals surface area contributed by atoms with Gasteiger partial charge in [-0.15, -0.1) is 0 Å². The van der Waals surface area contributed by atoms with Crippen molar-refractivity contribution in [2.45, 2.75) is 49.7 Å². The zero-order valence-electron chi connectivity index (χ0n) is 17.6. The number of amides is 2. The van der Waals surface area contributed by atoms with Crippen LogP contribution in [0.3, 0.4) is 0 Å². The Balaban J connectivity index is 1.28. The van der Waals surface area contributed by atoms with Crippen LogP contribution in [0.2, 0.25) is 5.02 Å². The van der Waals surface area contributed by atoms with Crippen molar-refractivity contribution < 1.29 is 13.8 Å². The van der Waals surface area contributed by atoms with Crippen molar-refractivity contribution in [2.75, 3.05) is 13.1 Å². The number of benzene rings is 2. The number of nitrogens with zero attached hydrogens (tertiary/aromatic N) is 1. The molecule has 1 aliphatic rings. The summed E-state index contributed by atoms with van der Waals surface area (Å²) in [6, 6.07) is 17.5. The van der Waals surface area contributed by atoms with Crippen molar-refractivity contribution in [3.8, 4) is 0 Å². The first-order chi connectivity index (χ1) is 15.0. The highest BCUT2D eigenvalue weighted by Crippen LogP contribution is 2.24. The zero-order chi connectivity index (χ0) is 22.1. The predicted octanol–water partition coefficient (Wildman–Crippen LogP) is 4.07. The van der Waals surface area contributed by atoms with Gasteiger partial charge < -0.3 is 10.2 Å². The number of rotatable bonds is 12. The van der Waals surface area contributed by atoms with E-state index in [1.54, 1.807) is 0 Å². The van der Waals surface area contributed by atoms with Gasteiger partial charge in [0.25, 0.3) is 0 Å². The molecule has 1 aliphatic heterocycles. The minimum atomic E-state index is -1.21. The summed E-state index contributed by atoms with van der Waals surface area (Å²) in [5.41, 5.74) is 2.26. The Labute approximate surface area is 191 Å². The lowest BCUT2D eigenvalue weighted by molar-refractivity contribution is -0.145. The predicted molar refractivity (Wildman–Crippen MR) is 125 cm³/mol. The van der Waals surface area contributed by atoms with Crippen LogP contribution in [0.15, 0.2) is 54.6 Å². The standard InChI is InChI=1S/C24H29ClN2O3S/c25-21-13-11-19(12-14-21)8-4-1-2-7-15-26-22(28)17-27-23(29)16-24(27)31(30)18-20-9-5-3-6-10-20/h3,5-6,9-14,24H,1-2,4,7-8,15-18H2,(H,26,28)/t24-,31?/m1/s1. The fourth-order valence-corrected chi connectivity index (χ4v) is 5.23. The van der Waals surface area contributed by atoms with Gasteiger partial charge in [-0.05, 0) is 42.5 Å². The first-order valence-corrected chi connectivity index (χ1v) is 12.5. The lowest BCUT2D eigenvalue weighted by atomic mass is 10.1. The van der Waals surface area contributed by atoms with E-state index >= 15 is 0 Å². The molecule has 0 aliphatic carbocycles. The van der Waals surface area contributed by atoms with Gasteiger partial charge in [0.2, 0.25) is 11.8 Å². The fraction of sp³-hybridized carbons (Fsp3) is 0.417. The summed E-state index contributed by atoms with van der Waals surface area (Å²) in [6.45, 7) is 0.584. The van der Waals surface area contributed by atoms with Crippen molar-refractivity contribution in [3.05, 3.63) is 70.7 Å². The number of aryl methyl sites for hydroxylation is 1. The van der Waals surface area contributed by atoms with Crippen molar-refractivity contribution in [1.82, 2.24) is 10.2 Å². The second-order valence-corrected chi connectivity index (χ2v) is 9.86. The Morgan fingerprint density at radius 3 is 2.42 bits per heavy atom. The molecule has 0 bridgehead atoms. The number of unbranched alkanes of at least 4 members (excludes halogenated alkanes) is 3. The summed E-state index contributed by atoms with van der Waals surface area (Å²) in [6.07, 6.45) is 5.43. The Kier molecular flexibility index (Phi) is 9.10. The van der Waals surface area contributed by atoms with Gasteiger partial charge in [0, 0.05) is 22.4 Å². The molecular weight excluding hydrogens is 432 g/mol. The molecule has 0 spiro atoms. The molecule has 1 N–H and O–H groups in total. The van der Waals surface area contributed by atoms with Crippen LogP contribution in [0.25, 0.3) is 0 Å². The molecule has 7 heteroatoms.